The van der Waals surface area contributed by atoms with Crippen molar-refractivity contribution in [2.45, 2.75) is 57.3 Å². The molecule has 1 saturated carbocycles. The van der Waals surface area contributed by atoms with Gasteiger partial charge in [-0.25, -0.2) is 0 Å². The minimum atomic E-state index is -3.37. The highest BCUT2D eigenvalue weighted by Gasteiger charge is 2.52. The van der Waals surface area contributed by atoms with Crippen LogP contribution in [0.3, 0.4) is 0 Å². The molecule has 1 rings (SSSR count). The Morgan fingerprint density at radius 3 is 2.00 bits per heavy atom. The Balaban J connectivity index is 2.63. The first kappa shape index (κ1) is 15.1. The molecule has 0 amide bonds. The first-order valence-electron chi connectivity index (χ1n) is 5.92. The third-order valence-electron chi connectivity index (χ3n) is 3.62. The molecule has 0 aromatic heterocycles. The van der Waals surface area contributed by atoms with Crippen LogP contribution < -0.4 is 0 Å². The van der Waals surface area contributed by atoms with Gasteiger partial charge in [0, 0.05) is 0 Å². The number of hydrogen-bond acceptors (Lipinski definition) is 4. The lowest BCUT2D eigenvalue weighted by molar-refractivity contribution is 0.0976. The standard InChI is InChI=1S/C11H24O4SSi/c1-10(2,3)17(5,6)15-11(7-8-11)9-14-16(4,12)13/h7-9H2,1-6H3. The van der Waals surface area contributed by atoms with Crippen molar-refractivity contribution in [2.24, 2.45) is 0 Å². The molecule has 0 aliphatic heterocycles. The summed E-state index contributed by atoms with van der Waals surface area (Å²) in [6.07, 6.45) is 2.87. The molecular formula is C11H24O4SSi. The maximum absolute atomic E-state index is 11.0. The van der Waals surface area contributed by atoms with E-state index in [9.17, 15) is 8.42 Å². The smallest absolute Gasteiger partial charge is 0.264 e. The van der Waals surface area contributed by atoms with Gasteiger partial charge in [0.1, 0.15) is 0 Å². The van der Waals surface area contributed by atoms with Crippen LogP contribution in [0.2, 0.25) is 18.1 Å². The Morgan fingerprint density at radius 2 is 1.71 bits per heavy atom. The molecule has 1 aliphatic rings. The number of hydrogen-bond donors (Lipinski definition) is 0. The van der Waals surface area contributed by atoms with Crippen molar-refractivity contribution >= 4 is 18.4 Å². The molecule has 4 nitrogen and oxygen atoms in total. The fourth-order valence-electron chi connectivity index (χ4n) is 1.32. The van der Waals surface area contributed by atoms with Crippen molar-refractivity contribution in [3.05, 3.63) is 0 Å². The summed E-state index contributed by atoms with van der Waals surface area (Å²) < 4.78 is 33.1. The lowest BCUT2D eigenvalue weighted by Gasteiger charge is -2.39. The van der Waals surface area contributed by atoms with Gasteiger partial charge in [0.25, 0.3) is 10.1 Å². The van der Waals surface area contributed by atoms with Gasteiger partial charge in [0.05, 0.1) is 18.5 Å². The van der Waals surface area contributed by atoms with Gasteiger partial charge in [-0.3, -0.25) is 4.18 Å². The average Bonchev–Trinajstić information content (AvgIpc) is 2.78. The zero-order chi connectivity index (χ0) is 13.5. The monoisotopic (exact) mass is 280 g/mol. The van der Waals surface area contributed by atoms with E-state index in [1.807, 2.05) is 0 Å². The lowest BCUT2D eigenvalue weighted by Crippen LogP contribution is -2.46. The molecule has 1 fully saturated rings. The van der Waals surface area contributed by atoms with Crippen LogP contribution in [0.5, 0.6) is 0 Å². The number of rotatable bonds is 5. The van der Waals surface area contributed by atoms with Crippen molar-refractivity contribution in [3.8, 4) is 0 Å². The molecule has 0 spiro atoms. The molecular weight excluding hydrogens is 256 g/mol. The highest BCUT2D eigenvalue weighted by atomic mass is 32.2. The van der Waals surface area contributed by atoms with E-state index in [2.05, 4.69) is 33.9 Å². The second-order valence-electron chi connectivity index (χ2n) is 6.51. The second-order valence-corrected chi connectivity index (χ2v) is 12.9. The summed E-state index contributed by atoms with van der Waals surface area (Å²) in [5.41, 5.74) is -0.341. The normalized spacial score (nSPS) is 20.4. The molecule has 1 aliphatic carbocycles. The molecule has 0 atom stereocenters. The van der Waals surface area contributed by atoms with Crippen LogP contribution in [-0.2, 0) is 18.7 Å². The molecule has 0 aromatic carbocycles. The molecule has 0 unspecified atom stereocenters. The van der Waals surface area contributed by atoms with Gasteiger partial charge < -0.3 is 4.43 Å². The van der Waals surface area contributed by atoms with Crippen LogP contribution in [0.25, 0.3) is 0 Å². The third-order valence-corrected chi connectivity index (χ3v) is 8.72. The highest BCUT2D eigenvalue weighted by Crippen LogP contribution is 2.47. The molecule has 0 aromatic rings. The molecule has 0 saturated heterocycles. The fourth-order valence-corrected chi connectivity index (χ4v) is 3.40. The summed E-state index contributed by atoms with van der Waals surface area (Å²) in [5.74, 6) is 0. The maximum atomic E-state index is 11.0. The van der Waals surface area contributed by atoms with Gasteiger partial charge in [0.15, 0.2) is 8.32 Å². The third kappa shape index (κ3) is 4.35. The Bertz CT molecular complexity index is 377. The quantitative estimate of drug-likeness (QED) is 0.573. The van der Waals surface area contributed by atoms with E-state index >= 15 is 0 Å². The molecule has 0 radical (unpaired) electrons. The minimum absolute atomic E-state index is 0.133. The zero-order valence-corrected chi connectivity index (χ0v) is 13.5. The summed E-state index contributed by atoms with van der Waals surface area (Å²) >= 11 is 0. The van der Waals surface area contributed by atoms with Crippen LogP contribution in [0, 0.1) is 0 Å². The first-order valence-corrected chi connectivity index (χ1v) is 10.6. The van der Waals surface area contributed by atoms with Crippen molar-refractivity contribution in [3.63, 3.8) is 0 Å². The first-order chi connectivity index (χ1) is 7.37. The Hall–Kier alpha value is 0.0869. The van der Waals surface area contributed by atoms with E-state index in [1.165, 1.54) is 0 Å². The molecule has 0 bridgehead atoms. The van der Waals surface area contributed by atoms with Gasteiger partial charge in [-0.2, -0.15) is 8.42 Å². The summed E-state index contributed by atoms with van der Waals surface area (Å²) in [7, 11) is -5.22. The van der Waals surface area contributed by atoms with Crippen molar-refractivity contribution < 1.29 is 17.0 Å². The summed E-state index contributed by atoms with van der Waals surface area (Å²) in [6, 6.07) is 0. The van der Waals surface area contributed by atoms with E-state index in [-0.39, 0.29) is 17.2 Å². The van der Waals surface area contributed by atoms with Crippen molar-refractivity contribution in [2.75, 3.05) is 12.9 Å². The van der Waals surface area contributed by atoms with E-state index in [0.717, 1.165) is 19.1 Å². The predicted molar refractivity (Wildman–Crippen MR) is 71.0 cm³/mol. The van der Waals surface area contributed by atoms with Gasteiger partial charge in [-0.15, -0.1) is 0 Å². The van der Waals surface area contributed by atoms with Gasteiger partial charge >= 0.3 is 0 Å². The largest absolute Gasteiger partial charge is 0.409 e. The molecule has 0 heterocycles. The molecule has 6 heteroatoms. The van der Waals surface area contributed by atoms with Crippen molar-refractivity contribution in [1.82, 2.24) is 0 Å². The SMILES string of the molecule is CC(C)(C)[Si](C)(C)OC1(COS(C)(=O)=O)CC1. The van der Waals surface area contributed by atoms with E-state index in [1.54, 1.807) is 0 Å². The Kier molecular flexibility index (Phi) is 3.86. The molecule has 102 valence electrons. The van der Waals surface area contributed by atoms with Crippen LogP contribution >= 0.6 is 0 Å². The summed E-state index contributed by atoms with van der Waals surface area (Å²) in [4.78, 5) is 0. The van der Waals surface area contributed by atoms with Crippen LogP contribution in [0.15, 0.2) is 0 Å². The van der Waals surface area contributed by atoms with Gasteiger partial charge in [-0.1, -0.05) is 20.8 Å². The Morgan fingerprint density at radius 1 is 1.24 bits per heavy atom. The highest BCUT2D eigenvalue weighted by molar-refractivity contribution is 7.85. The zero-order valence-electron chi connectivity index (χ0n) is 11.7. The predicted octanol–water partition coefficient (Wildman–Crippen LogP) is 2.52. The topological polar surface area (TPSA) is 52.6 Å². The van der Waals surface area contributed by atoms with Crippen LogP contribution in [-0.4, -0.2) is 35.2 Å². The fraction of sp³-hybridized carbons (Fsp3) is 1.00. The second kappa shape index (κ2) is 4.33. The van der Waals surface area contributed by atoms with Gasteiger partial charge in [-0.05, 0) is 31.0 Å². The Labute approximate surface area is 106 Å². The van der Waals surface area contributed by atoms with E-state index in [4.69, 9.17) is 8.61 Å². The van der Waals surface area contributed by atoms with E-state index in [0.29, 0.717) is 0 Å². The van der Waals surface area contributed by atoms with Crippen molar-refractivity contribution in [1.29, 1.82) is 0 Å². The summed E-state index contributed by atoms with van der Waals surface area (Å²) in [5, 5.41) is 0.133. The molecule has 17 heavy (non-hydrogen) atoms. The van der Waals surface area contributed by atoms with Gasteiger partial charge in [0.2, 0.25) is 0 Å². The van der Waals surface area contributed by atoms with Crippen LogP contribution in [0.1, 0.15) is 33.6 Å². The van der Waals surface area contributed by atoms with E-state index < -0.39 is 18.4 Å². The van der Waals surface area contributed by atoms with Crippen LogP contribution in [0.4, 0.5) is 0 Å². The minimum Gasteiger partial charge on any atom is -0.409 e. The maximum Gasteiger partial charge on any atom is 0.264 e. The lowest BCUT2D eigenvalue weighted by atomic mass is 10.2. The molecule has 0 N–H and O–H groups in total. The summed E-state index contributed by atoms with van der Waals surface area (Å²) in [6.45, 7) is 11.0. The average molecular weight is 280 g/mol.